The van der Waals surface area contributed by atoms with Crippen LogP contribution < -0.4 is 0 Å². The molecule has 0 radical (unpaired) electrons. The molecule has 0 aromatic carbocycles. The Balaban J connectivity index is 1.68. The summed E-state index contributed by atoms with van der Waals surface area (Å²) in [5.74, 6) is 2.15. The molecule has 108 valence electrons. The quantitative estimate of drug-likeness (QED) is 0.477. The summed E-state index contributed by atoms with van der Waals surface area (Å²) in [7, 11) is 1.67. The van der Waals surface area contributed by atoms with Gasteiger partial charge in [-0.3, -0.25) is 9.69 Å². The van der Waals surface area contributed by atoms with Crippen molar-refractivity contribution in [1.29, 1.82) is 0 Å². The highest BCUT2D eigenvalue weighted by Crippen LogP contribution is 2.32. The predicted octanol–water partition coefficient (Wildman–Crippen LogP) is 4.00. The molecule has 3 rings (SSSR count). The van der Waals surface area contributed by atoms with Crippen LogP contribution in [0.15, 0.2) is 49.4 Å². The van der Waals surface area contributed by atoms with Crippen LogP contribution in [-0.2, 0) is 10.5 Å². The molecular formula is C14H11NO3S3. The Labute approximate surface area is 135 Å². The van der Waals surface area contributed by atoms with Gasteiger partial charge in [0.05, 0.1) is 16.9 Å². The summed E-state index contributed by atoms with van der Waals surface area (Å²) in [6.45, 7) is 0. The molecule has 1 fully saturated rings. The topological polar surface area (TPSA) is 46.6 Å². The van der Waals surface area contributed by atoms with E-state index in [1.165, 1.54) is 16.7 Å². The van der Waals surface area contributed by atoms with E-state index in [0.717, 1.165) is 10.9 Å². The van der Waals surface area contributed by atoms with Gasteiger partial charge in [-0.15, -0.1) is 0 Å². The maximum Gasteiger partial charge on any atom is 0.266 e. The van der Waals surface area contributed by atoms with Crippen LogP contribution in [0.25, 0.3) is 6.08 Å². The second kappa shape index (κ2) is 6.13. The van der Waals surface area contributed by atoms with Gasteiger partial charge in [0.25, 0.3) is 5.91 Å². The predicted molar refractivity (Wildman–Crippen MR) is 87.9 cm³/mol. The van der Waals surface area contributed by atoms with Gasteiger partial charge in [-0.1, -0.05) is 35.7 Å². The zero-order chi connectivity index (χ0) is 14.8. The van der Waals surface area contributed by atoms with Crippen molar-refractivity contribution in [3.05, 3.63) is 47.0 Å². The molecule has 1 aliphatic heterocycles. The third-order valence-corrected chi connectivity index (χ3v) is 5.22. The van der Waals surface area contributed by atoms with E-state index in [1.807, 2.05) is 24.3 Å². The van der Waals surface area contributed by atoms with Gasteiger partial charge in [-0.25, -0.2) is 0 Å². The highest BCUT2D eigenvalue weighted by Gasteiger charge is 2.28. The second-order valence-corrected chi connectivity index (χ2v) is 6.92. The molecule has 1 amide bonds. The Morgan fingerprint density at radius 1 is 1.43 bits per heavy atom. The molecule has 2 aromatic rings. The number of thiocarbonyl (C=S) groups is 1. The number of rotatable bonds is 4. The van der Waals surface area contributed by atoms with Crippen molar-refractivity contribution in [2.45, 2.75) is 10.8 Å². The third-order valence-electron chi connectivity index (χ3n) is 2.80. The first-order chi connectivity index (χ1) is 10.1. The minimum Gasteiger partial charge on any atom is -0.468 e. The number of hydrogen-bond donors (Lipinski definition) is 0. The summed E-state index contributed by atoms with van der Waals surface area (Å²) >= 11 is 7.91. The molecule has 1 aliphatic rings. The summed E-state index contributed by atoms with van der Waals surface area (Å²) in [5.41, 5.74) is 0. The average Bonchev–Trinajstić information content (AvgIpc) is 3.17. The van der Waals surface area contributed by atoms with Gasteiger partial charge in [0.15, 0.2) is 5.09 Å². The molecular weight excluding hydrogens is 326 g/mol. The fraction of sp³-hybridized carbons (Fsp3) is 0.143. The first kappa shape index (κ1) is 14.5. The Kier molecular flexibility index (Phi) is 4.23. The molecule has 0 atom stereocenters. The van der Waals surface area contributed by atoms with E-state index in [1.54, 1.807) is 31.1 Å². The van der Waals surface area contributed by atoms with Crippen LogP contribution in [0.1, 0.15) is 11.5 Å². The molecule has 0 unspecified atom stereocenters. The van der Waals surface area contributed by atoms with Crippen LogP contribution in [0, 0.1) is 0 Å². The van der Waals surface area contributed by atoms with E-state index in [-0.39, 0.29) is 5.91 Å². The summed E-state index contributed by atoms with van der Waals surface area (Å²) in [4.78, 5) is 13.9. The monoisotopic (exact) mass is 337 g/mol. The molecule has 0 bridgehead atoms. The second-order valence-electron chi connectivity index (χ2n) is 4.27. The van der Waals surface area contributed by atoms with E-state index in [9.17, 15) is 4.79 Å². The Morgan fingerprint density at radius 2 is 2.29 bits per heavy atom. The van der Waals surface area contributed by atoms with Crippen molar-refractivity contribution in [1.82, 2.24) is 4.90 Å². The SMILES string of the molecule is CN1C(=O)/C(=C/c2ccc(SCc3ccco3)o2)SC1=S. The van der Waals surface area contributed by atoms with E-state index in [2.05, 4.69) is 0 Å². The molecule has 1 saturated heterocycles. The number of carbonyl (C=O) groups is 1. The lowest BCUT2D eigenvalue weighted by molar-refractivity contribution is -0.121. The zero-order valence-electron chi connectivity index (χ0n) is 11.1. The number of amides is 1. The summed E-state index contributed by atoms with van der Waals surface area (Å²) in [6, 6.07) is 7.50. The van der Waals surface area contributed by atoms with Crippen LogP contribution in [-0.4, -0.2) is 22.2 Å². The molecule has 21 heavy (non-hydrogen) atoms. The number of carbonyl (C=O) groups excluding carboxylic acids is 1. The largest absolute Gasteiger partial charge is 0.468 e. The van der Waals surface area contributed by atoms with Crippen molar-refractivity contribution in [2.75, 3.05) is 7.05 Å². The molecule has 0 aliphatic carbocycles. The van der Waals surface area contributed by atoms with E-state index < -0.39 is 0 Å². The fourth-order valence-electron chi connectivity index (χ4n) is 1.70. The van der Waals surface area contributed by atoms with Crippen molar-refractivity contribution in [3.8, 4) is 0 Å². The minimum absolute atomic E-state index is 0.0915. The molecule has 0 saturated carbocycles. The first-order valence-corrected chi connectivity index (χ1v) is 8.31. The zero-order valence-corrected chi connectivity index (χ0v) is 13.5. The normalized spacial score (nSPS) is 17.2. The fourth-order valence-corrected chi connectivity index (χ4v) is 3.63. The number of likely N-dealkylation sites (N-methyl/N-ethyl adjacent to an activating group) is 1. The summed E-state index contributed by atoms with van der Waals surface area (Å²) < 4.78 is 11.5. The highest BCUT2D eigenvalue weighted by atomic mass is 32.2. The maximum absolute atomic E-state index is 11.9. The number of thioether (sulfide) groups is 2. The summed E-state index contributed by atoms with van der Waals surface area (Å²) in [5, 5.41) is 0.782. The summed E-state index contributed by atoms with van der Waals surface area (Å²) in [6.07, 6.45) is 3.37. The van der Waals surface area contributed by atoms with Gasteiger partial charge >= 0.3 is 0 Å². The van der Waals surface area contributed by atoms with Crippen LogP contribution >= 0.6 is 35.7 Å². The van der Waals surface area contributed by atoms with Crippen molar-refractivity contribution < 1.29 is 13.6 Å². The number of nitrogens with zero attached hydrogens (tertiary/aromatic N) is 1. The van der Waals surface area contributed by atoms with Gasteiger partial charge in [0, 0.05) is 13.1 Å². The van der Waals surface area contributed by atoms with Crippen LogP contribution in [0.2, 0.25) is 0 Å². The van der Waals surface area contributed by atoms with Gasteiger partial charge in [0.1, 0.15) is 15.8 Å². The Morgan fingerprint density at radius 3 is 2.95 bits per heavy atom. The minimum atomic E-state index is -0.0915. The third kappa shape index (κ3) is 3.25. The van der Waals surface area contributed by atoms with Gasteiger partial charge in [-0.05, 0) is 24.3 Å². The van der Waals surface area contributed by atoms with Crippen molar-refractivity contribution in [3.63, 3.8) is 0 Å². The van der Waals surface area contributed by atoms with Crippen LogP contribution in [0.4, 0.5) is 0 Å². The molecule has 0 spiro atoms. The van der Waals surface area contributed by atoms with Crippen molar-refractivity contribution in [2.24, 2.45) is 0 Å². The molecule has 4 nitrogen and oxygen atoms in total. The lowest BCUT2D eigenvalue weighted by Gasteiger charge is -2.03. The standard InChI is InChI=1S/C14H11NO3S3/c1-15-13(16)11(21-14(15)19)7-9-4-5-12(18-9)20-8-10-3-2-6-17-10/h2-7H,8H2,1H3/b11-7-. The van der Waals surface area contributed by atoms with Crippen molar-refractivity contribution >= 4 is 52.0 Å². The maximum atomic E-state index is 11.9. The van der Waals surface area contributed by atoms with E-state index in [4.69, 9.17) is 21.1 Å². The lowest BCUT2D eigenvalue weighted by atomic mass is 10.4. The Hall–Kier alpha value is -1.44. The van der Waals surface area contributed by atoms with E-state index in [0.29, 0.717) is 20.7 Å². The molecule has 0 N–H and O–H groups in total. The molecule has 2 aromatic heterocycles. The van der Waals surface area contributed by atoms with Crippen LogP contribution in [0.3, 0.4) is 0 Å². The number of furan rings is 2. The smallest absolute Gasteiger partial charge is 0.266 e. The lowest BCUT2D eigenvalue weighted by Crippen LogP contribution is -2.22. The van der Waals surface area contributed by atoms with E-state index >= 15 is 0 Å². The Bertz CT molecular complexity index is 703. The molecule has 3 heterocycles. The van der Waals surface area contributed by atoms with Gasteiger partial charge < -0.3 is 8.83 Å². The van der Waals surface area contributed by atoms with Gasteiger partial charge in [0.2, 0.25) is 0 Å². The first-order valence-electron chi connectivity index (χ1n) is 6.10. The molecule has 7 heteroatoms. The highest BCUT2D eigenvalue weighted by molar-refractivity contribution is 8.26. The van der Waals surface area contributed by atoms with Gasteiger partial charge in [-0.2, -0.15) is 0 Å². The van der Waals surface area contributed by atoms with Crippen LogP contribution in [0.5, 0.6) is 0 Å². The average molecular weight is 337 g/mol. The number of hydrogen-bond acceptors (Lipinski definition) is 6.